The first kappa shape index (κ1) is 18.1. The van der Waals surface area contributed by atoms with E-state index in [-0.39, 0.29) is 11.8 Å². The van der Waals surface area contributed by atoms with Crippen LogP contribution in [-0.2, 0) is 16.0 Å². The van der Waals surface area contributed by atoms with Gasteiger partial charge in [0.05, 0.1) is 6.61 Å². The molecule has 0 aromatic heterocycles. The number of ether oxygens (including phenoxy) is 1. The Balaban J connectivity index is 1.29. The summed E-state index contributed by atoms with van der Waals surface area (Å²) < 4.78 is 5.52. The molecule has 0 atom stereocenters. The fourth-order valence-corrected chi connectivity index (χ4v) is 4.30. The van der Waals surface area contributed by atoms with Crippen LogP contribution in [-0.4, -0.2) is 54.4 Å². The lowest BCUT2D eigenvalue weighted by Gasteiger charge is -2.35. The van der Waals surface area contributed by atoms with Gasteiger partial charge in [0.15, 0.2) is 0 Å². The summed E-state index contributed by atoms with van der Waals surface area (Å²) in [5, 5.41) is 0. The van der Waals surface area contributed by atoms with Gasteiger partial charge in [0.1, 0.15) is 5.75 Å². The van der Waals surface area contributed by atoms with Crippen LogP contribution >= 0.6 is 0 Å². The lowest BCUT2D eigenvalue weighted by atomic mass is 9.94. The minimum Gasteiger partial charge on any atom is -0.493 e. The Hall–Kier alpha value is -2.30. The molecule has 144 valence electrons. The molecule has 3 aliphatic rings. The Bertz CT molecular complexity index is 729. The molecule has 0 spiro atoms. The predicted molar refractivity (Wildman–Crippen MR) is 104 cm³/mol. The summed E-state index contributed by atoms with van der Waals surface area (Å²) >= 11 is 0. The maximum absolute atomic E-state index is 12.6. The summed E-state index contributed by atoms with van der Waals surface area (Å²) in [5.41, 5.74) is 2.24. The number of amides is 2. The maximum atomic E-state index is 12.6. The van der Waals surface area contributed by atoms with Gasteiger partial charge in [-0.1, -0.05) is 6.07 Å². The second-order valence-electron chi connectivity index (χ2n) is 7.78. The predicted octanol–water partition coefficient (Wildman–Crippen LogP) is 2.89. The maximum Gasteiger partial charge on any atom is 0.246 e. The number of likely N-dealkylation sites (tertiary alicyclic amines) is 2. The van der Waals surface area contributed by atoms with Gasteiger partial charge in [-0.25, -0.2) is 0 Å². The van der Waals surface area contributed by atoms with Gasteiger partial charge in [0.25, 0.3) is 0 Å². The second-order valence-corrected chi connectivity index (χ2v) is 7.78. The number of fused-ring (bicyclic) bond motifs is 1. The van der Waals surface area contributed by atoms with E-state index in [4.69, 9.17) is 4.74 Å². The van der Waals surface area contributed by atoms with Gasteiger partial charge in [-0.3, -0.25) is 9.59 Å². The summed E-state index contributed by atoms with van der Waals surface area (Å²) in [4.78, 5) is 29.0. The molecule has 1 aromatic carbocycles. The van der Waals surface area contributed by atoms with Crippen LogP contribution in [0.4, 0.5) is 0 Å². The molecule has 5 heteroatoms. The molecule has 2 saturated heterocycles. The number of hydrogen-bond acceptors (Lipinski definition) is 3. The molecule has 0 saturated carbocycles. The fraction of sp³-hybridized carbons (Fsp3) is 0.545. The molecule has 0 N–H and O–H groups in total. The molecule has 1 aromatic rings. The summed E-state index contributed by atoms with van der Waals surface area (Å²) in [5.74, 6) is 1.39. The van der Waals surface area contributed by atoms with E-state index in [0.29, 0.717) is 19.0 Å². The molecule has 3 heterocycles. The van der Waals surface area contributed by atoms with Gasteiger partial charge in [-0.15, -0.1) is 0 Å². The third kappa shape index (κ3) is 4.18. The quantitative estimate of drug-likeness (QED) is 0.771. The highest BCUT2D eigenvalue weighted by molar-refractivity contribution is 5.92. The van der Waals surface area contributed by atoms with Gasteiger partial charge in [0, 0.05) is 44.6 Å². The van der Waals surface area contributed by atoms with Gasteiger partial charge < -0.3 is 14.5 Å². The molecule has 5 nitrogen and oxygen atoms in total. The van der Waals surface area contributed by atoms with Crippen molar-refractivity contribution in [3.05, 3.63) is 35.4 Å². The third-order valence-electron chi connectivity index (χ3n) is 5.96. The summed E-state index contributed by atoms with van der Waals surface area (Å²) in [6.45, 7) is 3.91. The van der Waals surface area contributed by atoms with Crippen LogP contribution in [0.5, 0.6) is 5.75 Å². The SMILES string of the molecule is O=C(/C=C/c1ccc2c(c1)CCO2)N1CCC(C(=O)N2CCCCC2)CC1. The van der Waals surface area contributed by atoms with Crippen LogP contribution in [0.2, 0.25) is 0 Å². The van der Waals surface area contributed by atoms with Crippen molar-refractivity contribution in [2.75, 3.05) is 32.8 Å². The Labute approximate surface area is 161 Å². The lowest BCUT2D eigenvalue weighted by Crippen LogP contribution is -2.45. The number of hydrogen-bond donors (Lipinski definition) is 0. The number of benzene rings is 1. The van der Waals surface area contributed by atoms with Crippen molar-refractivity contribution in [3.63, 3.8) is 0 Å². The monoisotopic (exact) mass is 368 g/mol. The number of carbonyl (C=O) groups excluding carboxylic acids is 2. The van der Waals surface area contributed by atoms with Crippen molar-refractivity contribution in [2.45, 2.75) is 38.5 Å². The Morgan fingerprint density at radius 3 is 2.56 bits per heavy atom. The largest absolute Gasteiger partial charge is 0.493 e. The van der Waals surface area contributed by atoms with Crippen molar-refractivity contribution < 1.29 is 14.3 Å². The first-order chi connectivity index (χ1) is 13.2. The molecule has 0 unspecified atom stereocenters. The second kappa shape index (κ2) is 8.15. The minimum absolute atomic E-state index is 0.0376. The summed E-state index contributed by atoms with van der Waals surface area (Å²) in [6.07, 6.45) is 9.53. The zero-order chi connectivity index (χ0) is 18.6. The van der Waals surface area contributed by atoms with Crippen LogP contribution < -0.4 is 4.74 Å². The third-order valence-corrected chi connectivity index (χ3v) is 5.96. The van der Waals surface area contributed by atoms with Crippen molar-refractivity contribution in [2.24, 2.45) is 5.92 Å². The van der Waals surface area contributed by atoms with E-state index in [0.717, 1.165) is 63.1 Å². The molecular formula is C22H28N2O3. The van der Waals surface area contributed by atoms with E-state index in [1.807, 2.05) is 28.0 Å². The number of rotatable bonds is 3. The van der Waals surface area contributed by atoms with E-state index in [1.165, 1.54) is 12.0 Å². The highest BCUT2D eigenvalue weighted by atomic mass is 16.5. The van der Waals surface area contributed by atoms with E-state index in [9.17, 15) is 9.59 Å². The molecule has 0 radical (unpaired) electrons. The molecule has 4 rings (SSSR count). The zero-order valence-electron chi connectivity index (χ0n) is 15.9. The number of carbonyl (C=O) groups is 2. The van der Waals surface area contributed by atoms with Crippen LogP contribution in [0.15, 0.2) is 24.3 Å². The van der Waals surface area contributed by atoms with E-state index >= 15 is 0 Å². The smallest absolute Gasteiger partial charge is 0.246 e. The topological polar surface area (TPSA) is 49.9 Å². The average Bonchev–Trinajstić information content (AvgIpc) is 3.20. The lowest BCUT2D eigenvalue weighted by molar-refractivity contribution is -0.140. The molecule has 2 amide bonds. The van der Waals surface area contributed by atoms with Crippen LogP contribution in [0.1, 0.15) is 43.2 Å². The van der Waals surface area contributed by atoms with Crippen molar-refractivity contribution in [1.82, 2.24) is 9.80 Å². The van der Waals surface area contributed by atoms with Crippen LogP contribution in [0.3, 0.4) is 0 Å². The van der Waals surface area contributed by atoms with Gasteiger partial charge in [-0.05, 0) is 61.4 Å². The molecular weight excluding hydrogens is 340 g/mol. The van der Waals surface area contributed by atoms with Gasteiger partial charge in [0.2, 0.25) is 11.8 Å². The highest BCUT2D eigenvalue weighted by Gasteiger charge is 2.30. The molecule has 0 aliphatic carbocycles. The Morgan fingerprint density at radius 1 is 1.00 bits per heavy atom. The van der Waals surface area contributed by atoms with Crippen LogP contribution in [0.25, 0.3) is 6.08 Å². The zero-order valence-corrected chi connectivity index (χ0v) is 15.9. The molecule has 27 heavy (non-hydrogen) atoms. The first-order valence-electron chi connectivity index (χ1n) is 10.2. The standard InChI is InChI=1S/C22H28N2O3/c25-21(7-5-17-4-6-20-19(16-17)10-15-27-20)23-13-8-18(9-14-23)22(26)24-11-2-1-3-12-24/h4-7,16,18H,1-3,8-15H2/b7-5+. The fourth-order valence-electron chi connectivity index (χ4n) is 4.30. The number of nitrogens with zero attached hydrogens (tertiary/aromatic N) is 2. The first-order valence-corrected chi connectivity index (χ1v) is 10.2. The van der Waals surface area contributed by atoms with Crippen molar-refractivity contribution in [3.8, 4) is 5.75 Å². The molecule has 0 bridgehead atoms. The van der Waals surface area contributed by atoms with Gasteiger partial charge in [-0.2, -0.15) is 0 Å². The Kier molecular flexibility index (Phi) is 5.46. The van der Waals surface area contributed by atoms with Gasteiger partial charge >= 0.3 is 0 Å². The Morgan fingerprint density at radius 2 is 1.78 bits per heavy atom. The summed E-state index contributed by atoms with van der Waals surface area (Å²) in [7, 11) is 0. The highest BCUT2D eigenvalue weighted by Crippen LogP contribution is 2.26. The minimum atomic E-state index is 0.0376. The van der Waals surface area contributed by atoms with Crippen molar-refractivity contribution >= 4 is 17.9 Å². The van der Waals surface area contributed by atoms with E-state index in [1.54, 1.807) is 6.08 Å². The van der Waals surface area contributed by atoms with Crippen LogP contribution in [0, 0.1) is 5.92 Å². The average molecular weight is 368 g/mol. The summed E-state index contributed by atoms with van der Waals surface area (Å²) in [6, 6.07) is 6.05. The number of piperidine rings is 2. The molecule has 3 aliphatic heterocycles. The van der Waals surface area contributed by atoms with E-state index < -0.39 is 0 Å². The van der Waals surface area contributed by atoms with E-state index in [2.05, 4.69) is 6.07 Å². The van der Waals surface area contributed by atoms with Crippen molar-refractivity contribution in [1.29, 1.82) is 0 Å². The molecule has 2 fully saturated rings. The normalized spacial score (nSPS) is 20.6.